The first-order chi connectivity index (χ1) is 9.24. The Hall–Kier alpha value is -0.160. The average Bonchev–Trinajstić information content (AvgIpc) is 2.48. The first kappa shape index (κ1) is 15.2. The molecule has 0 aromatic heterocycles. The Morgan fingerprint density at radius 2 is 2.11 bits per heavy atom. The molecule has 0 amide bonds. The lowest BCUT2D eigenvalue weighted by Crippen LogP contribution is -2.60. The zero-order valence-electron chi connectivity index (χ0n) is 12.6. The molecular weight excluding hydrogens is 240 g/mol. The quantitative estimate of drug-likeness (QED) is 0.827. The van der Waals surface area contributed by atoms with E-state index in [1.165, 1.54) is 6.42 Å². The van der Waals surface area contributed by atoms with Crippen LogP contribution in [0.1, 0.15) is 45.4 Å². The number of hydrogen-bond donors (Lipinski definition) is 1. The molecule has 4 heteroatoms. The van der Waals surface area contributed by atoms with Crippen LogP contribution in [0.15, 0.2) is 0 Å². The van der Waals surface area contributed by atoms with Crippen LogP contribution in [0, 0.1) is 0 Å². The predicted molar refractivity (Wildman–Crippen MR) is 77.3 cm³/mol. The number of rotatable bonds is 5. The summed E-state index contributed by atoms with van der Waals surface area (Å²) in [5, 5.41) is 0. The van der Waals surface area contributed by atoms with Crippen LogP contribution in [0.25, 0.3) is 0 Å². The molecule has 2 saturated heterocycles. The Kier molecular flexibility index (Phi) is 5.63. The maximum atomic E-state index is 6.17. The summed E-state index contributed by atoms with van der Waals surface area (Å²) in [5.74, 6) is 0. The zero-order chi connectivity index (χ0) is 13.7. The molecule has 2 unspecified atom stereocenters. The summed E-state index contributed by atoms with van der Waals surface area (Å²) >= 11 is 0. The number of likely N-dealkylation sites (tertiary alicyclic amines) is 1. The third-order valence-electron chi connectivity index (χ3n) is 4.97. The molecule has 112 valence electrons. The van der Waals surface area contributed by atoms with Gasteiger partial charge in [-0.15, -0.1) is 0 Å². The van der Waals surface area contributed by atoms with Gasteiger partial charge in [0.1, 0.15) is 0 Å². The van der Waals surface area contributed by atoms with E-state index in [0.717, 1.165) is 58.3 Å². The number of methoxy groups -OCH3 is 1. The van der Waals surface area contributed by atoms with Crippen molar-refractivity contribution in [1.29, 1.82) is 0 Å². The molecule has 2 N–H and O–H groups in total. The van der Waals surface area contributed by atoms with Crippen molar-refractivity contribution in [2.45, 2.75) is 63.2 Å². The highest BCUT2D eigenvalue weighted by molar-refractivity contribution is 4.98. The summed E-state index contributed by atoms with van der Waals surface area (Å²) in [6.45, 7) is 6.09. The number of nitrogens with two attached hydrogens (primary N) is 1. The fraction of sp³-hybridized carbons (Fsp3) is 1.00. The van der Waals surface area contributed by atoms with E-state index in [1.807, 2.05) is 7.11 Å². The molecule has 2 fully saturated rings. The highest BCUT2D eigenvalue weighted by Crippen LogP contribution is 2.34. The molecule has 0 saturated carbocycles. The lowest BCUT2D eigenvalue weighted by atomic mass is 9.82. The Morgan fingerprint density at radius 1 is 1.37 bits per heavy atom. The molecule has 0 bridgehead atoms. The van der Waals surface area contributed by atoms with Gasteiger partial charge in [-0.2, -0.15) is 0 Å². The van der Waals surface area contributed by atoms with Gasteiger partial charge >= 0.3 is 0 Å². The summed E-state index contributed by atoms with van der Waals surface area (Å²) in [7, 11) is 1.82. The molecule has 2 rings (SSSR count). The van der Waals surface area contributed by atoms with Crippen LogP contribution >= 0.6 is 0 Å². The van der Waals surface area contributed by atoms with Crippen molar-refractivity contribution in [3.63, 3.8) is 0 Å². The largest absolute Gasteiger partial charge is 0.381 e. The Labute approximate surface area is 117 Å². The monoisotopic (exact) mass is 270 g/mol. The Morgan fingerprint density at radius 3 is 2.68 bits per heavy atom. The Balaban J connectivity index is 1.97. The third-order valence-corrected chi connectivity index (χ3v) is 4.97. The van der Waals surface area contributed by atoms with Crippen LogP contribution in [0.4, 0.5) is 0 Å². The molecule has 0 spiro atoms. The summed E-state index contributed by atoms with van der Waals surface area (Å²) in [6, 6.07) is 0. The number of hydrogen-bond acceptors (Lipinski definition) is 4. The molecule has 4 nitrogen and oxygen atoms in total. The smallest absolute Gasteiger partial charge is 0.0595 e. The fourth-order valence-corrected chi connectivity index (χ4v) is 3.68. The maximum Gasteiger partial charge on any atom is 0.0595 e. The van der Waals surface area contributed by atoms with Crippen LogP contribution in [0.3, 0.4) is 0 Å². The second-order valence-corrected chi connectivity index (χ2v) is 6.09. The third kappa shape index (κ3) is 3.48. The molecule has 0 aromatic carbocycles. The van der Waals surface area contributed by atoms with Crippen LogP contribution in [-0.2, 0) is 9.47 Å². The summed E-state index contributed by atoms with van der Waals surface area (Å²) in [6.07, 6.45) is 7.67. The van der Waals surface area contributed by atoms with Gasteiger partial charge in [0.15, 0.2) is 0 Å². The van der Waals surface area contributed by atoms with Gasteiger partial charge in [-0.1, -0.05) is 13.3 Å². The maximum absolute atomic E-state index is 6.17. The summed E-state index contributed by atoms with van der Waals surface area (Å²) in [5.41, 5.74) is 6.34. The molecular formula is C15H30N2O2. The lowest BCUT2D eigenvalue weighted by Gasteiger charge is -2.50. The van der Waals surface area contributed by atoms with Crippen LogP contribution in [0.5, 0.6) is 0 Å². The zero-order valence-corrected chi connectivity index (χ0v) is 12.6. The second-order valence-electron chi connectivity index (χ2n) is 6.09. The van der Waals surface area contributed by atoms with E-state index in [0.29, 0.717) is 12.2 Å². The Bertz CT molecular complexity index is 265. The molecule has 0 radical (unpaired) electrons. The first-order valence-electron chi connectivity index (χ1n) is 7.83. The molecule has 0 aliphatic carbocycles. The fourth-order valence-electron chi connectivity index (χ4n) is 3.68. The van der Waals surface area contributed by atoms with E-state index in [2.05, 4.69) is 11.8 Å². The van der Waals surface area contributed by atoms with E-state index >= 15 is 0 Å². The van der Waals surface area contributed by atoms with Gasteiger partial charge in [0, 0.05) is 38.9 Å². The van der Waals surface area contributed by atoms with E-state index in [-0.39, 0.29) is 5.54 Å². The van der Waals surface area contributed by atoms with Crippen molar-refractivity contribution in [3.8, 4) is 0 Å². The van der Waals surface area contributed by atoms with E-state index in [9.17, 15) is 0 Å². The average molecular weight is 270 g/mol. The molecule has 2 atom stereocenters. The standard InChI is InChI=1S/C15H30N2O2/c1-3-4-14-11-15(12-16,7-10-19-14)17-8-5-13(18-2)6-9-17/h13-14H,3-12,16H2,1-2H3. The number of piperidine rings is 1. The highest BCUT2D eigenvalue weighted by Gasteiger charge is 2.41. The second kappa shape index (κ2) is 7.02. The van der Waals surface area contributed by atoms with Crippen molar-refractivity contribution >= 4 is 0 Å². The molecule has 2 aliphatic heterocycles. The summed E-state index contributed by atoms with van der Waals surface area (Å²) in [4.78, 5) is 2.62. The minimum atomic E-state index is 0.177. The van der Waals surface area contributed by atoms with Crippen molar-refractivity contribution in [2.24, 2.45) is 5.73 Å². The van der Waals surface area contributed by atoms with Gasteiger partial charge in [0.25, 0.3) is 0 Å². The predicted octanol–water partition coefficient (Wildman–Crippen LogP) is 1.77. The van der Waals surface area contributed by atoms with Crippen LogP contribution in [0.2, 0.25) is 0 Å². The highest BCUT2D eigenvalue weighted by atomic mass is 16.5. The minimum Gasteiger partial charge on any atom is -0.381 e. The topological polar surface area (TPSA) is 47.7 Å². The molecule has 2 heterocycles. The van der Waals surface area contributed by atoms with Crippen molar-refractivity contribution in [1.82, 2.24) is 4.90 Å². The van der Waals surface area contributed by atoms with Crippen molar-refractivity contribution < 1.29 is 9.47 Å². The van der Waals surface area contributed by atoms with Gasteiger partial charge in [0.2, 0.25) is 0 Å². The lowest BCUT2D eigenvalue weighted by molar-refractivity contribution is -0.0889. The summed E-state index contributed by atoms with van der Waals surface area (Å²) < 4.78 is 11.4. The normalized spacial score (nSPS) is 34.6. The first-order valence-corrected chi connectivity index (χ1v) is 7.83. The van der Waals surface area contributed by atoms with Crippen LogP contribution < -0.4 is 5.73 Å². The number of nitrogens with zero attached hydrogens (tertiary/aromatic N) is 1. The van der Waals surface area contributed by atoms with Crippen molar-refractivity contribution in [2.75, 3.05) is 33.4 Å². The SMILES string of the molecule is CCCC1CC(CN)(N2CCC(OC)CC2)CCO1. The van der Waals surface area contributed by atoms with Crippen LogP contribution in [-0.4, -0.2) is 56.0 Å². The van der Waals surface area contributed by atoms with Gasteiger partial charge in [-0.25, -0.2) is 0 Å². The molecule has 2 aliphatic rings. The molecule has 0 aromatic rings. The molecule has 19 heavy (non-hydrogen) atoms. The number of ether oxygens (including phenoxy) is 2. The van der Waals surface area contributed by atoms with E-state index in [4.69, 9.17) is 15.2 Å². The van der Waals surface area contributed by atoms with Crippen molar-refractivity contribution in [3.05, 3.63) is 0 Å². The van der Waals surface area contributed by atoms with Gasteiger partial charge in [-0.05, 0) is 32.1 Å². The van der Waals surface area contributed by atoms with Gasteiger partial charge < -0.3 is 15.2 Å². The van der Waals surface area contributed by atoms with Gasteiger partial charge in [-0.3, -0.25) is 4.90 Å². The van der Waals surface area contributed by atoms with E-state index in [1.54, 1.807) is 0 Å². The minimum absolute atomic E-state index is 0.177. The van der Waals surface area contributed by atoms with Gasteiger partial charge in [0.05, 0.1) is 12.2 Å². The van der Waals surface area contributed by atoms with E-state index < -0.39 is 0 Å².